The number of nitrogens with zero attached hydrogens (tertiary/aromatic N) is 1. The van der Waals surface area contributed by atoms with E-state index in [1.807, 2.05) is 12.1 Å². The van der Waals surface area contributed by atoms with Crippen molar-refractivity contribution < 1.29 is 4.39 Å². The van der Waals surface area contributed by atoms with Crippen LogP contribution in [0.3, 0.4) is 0 Å². The Kier molecular flexibility index (Phi) is 4.00. The van der Waals surface area contributed by atoms with Crippen molar-refractivity contribution in [3.63, 3.8) is 0 Å². The third-order valence-electron chi connectivity index (χ3n) is 5.17. The molecule has 2 aliphatic heterocycles. The van der Waals surface area contributed by atoms with E-state index in [1.54, 1.807) is 12.1 Å². The highest BCUT2D eigenvalue weighted by Gasteiger charge is 2.36. The van der Waals surface area contributed by atoms with Gasteiger partial charge in [-0.1, -0.05) is 54.1 Å². The van der Waals surface area contributed by atoms with Crippen LogP contribution < -0.4 is 0 Å². The standard InChI is InChI=1S/C21H22FN/c22-19-8-6-16(7-9-19)12-18-13-20-10-11-21(14-18)23(20)15-17-4-2-1-3-5-17/h1-9,13,20-21H,10-12,14-15H2. The summed E-state index contributed by atoms with van der Waals surface area (Å²) in [4.78, 5) is 2.66. The van der Waals surface area contributed by atoms with Crippen molar-refractivity contribution in [3.05, 3.63) is 83.2 Å². The Bertz CT molecular complexity index is 690. The lowest BCUT2D eigenvalue weighted by atomic mass is 9.94. The van der Waals surface area contributed by atoms with Crippen LogP contribution in [0.2, 0.25) is 0 Å². The van der Waals surface area contributed by atoms with Crippen molar-refractivity contribution in [3.8, 4) is 0 Å². The molecule has 2 aromatic carbocycles. The first-order chi connectivity index (χ1) is 11.3. The summed E-state index contributed by atoms with van der Waals surface area (Å²) in [6.07, 6.45) is 7.15. The highest BCUT2D eigenvalue weighted by molar-refractivity contribution is 5.27. The molecule has 2 atom stereocenters. The Hall–Kier alpha value is -1.93. The van der Waals surface area contributed by atoms with Gasteiger partial charge in [0.25, 0.3) is 0 Å². The molecule has 0 radical (unpaired) electrons. The molecule has 0 saturated carbocycles. The van der Waals surface area contributed by atoms with Crippen molar-refractivity contribution >= 4 is 0 Å². The van der Waals surface area contributed by atoms with Crippen LogP contribution >= 0.6 is 0 Å². The molecule has 2 heterocycles. The van der Waals surface area contributed by atoms with E-state index in [2.05, 4.69) is 41.3 Å². The van der Waals surface area contributed by atoms with Gasteiger partial charge in [-0.05, 0) is 48.9 Å². The minimum absolute atomic E-state index is 0.152. The fraction of sp³-hybridized carbons (Fsp3) is 0.333. The Morgan fingerprint density at radius 3 is 2.43 bits per heavy atom. The van der Waals surface area contributed by atoms with Gasteiger partial charge in [-0.15, -0.1) is 0 Å². The van der Waals surface area contributed by atoms with Crippen molar-refractivity contribution in [2.24, 2.45) is 0 Å². The SMILES string of the molecule is Fc1ccc(CC2=CC3CCC(C2)N3Cc2ccccc2)cc1. The predicted octanol–water partition coefficient (Wildman–Crippen LogP) is 4.73. The molecule has 1 nitrogen and oxygen atoms in total. The van der Waals surface area contributed by atoms with E-state index in [9.17, 15) is 4.39 Å². The van der Waals surface area contributed by atoms with E-state index in [0.29, 0.717) is 12.1 Å². The average molecular weight is 307 g/mol. The second-order valence-corrected chi connectivity index (χ2v) is 6.79. The molecule has 0 aromatic heterocycles. The fourth-order valence-electron chi connectivity index (χ4n) is 4.04. The summed E-state index contributed by atoms with van der Waals surface area (Å²) in [7, 11) is 0. The quantitative estimate of drug-likeness (QED) is 0.738. The molecule has 1 saturated heterocycles. The monoisotopic (exact) mass is 307 g/mol. The second-order valence-electron chi connectivity index (χ2n) is 6.79. The lowest BCUT2D eigenvalue weighted by Gasteiger charge is -2.34. The normalized spacial score (nSPS) is 23.8. The molecular weight excluding hydrogens is 285 g/mol. The zero-order valence-corrected chi connectivity index (χ0v) is 13.3. The first-order valence-corrected chi connectivity index (χ1v) is 8.51. The van der Waals surface area contributed by atoms with Crippen molar-refractivity contribution in [1.29, 1.82) is 0 Å². The Morgan fingerprint density at radius 1 is 0.913 bits per heavy atom. The second kappa shape index (κ2) is 6.29. The number of hydrogen-bond acceptors (Lipinski definition) is 1. The molecule has 2 bridgehead atoms. The van der Waals surface area contributed by atoms with E-state index < -0.39 is 0 Å². The Morgan fingerprint density at radius 2 is 1.70 bits per heavy atom. The molecule has 2 heteroatoms. The number of hydrogen-bond donors (Lipinski definition) is 0. The molecule has 0 aliphatic carbocycles. The maximum atomic E-state index is 13.0. The Labute approximate surface area is 137 Å². The molecule has 118 valence electrons. The average Bonchev–Trinajstić information content (AvgIpc) is 2.81. The third kappa shape index (κ3) is 3.23. The molecule has 0 amide bonds. The van der Waals surface area contributed by atoms with Crippen LogP contribution in [0.1, 0.15) is 30.4 Å². The van der Waals surface area contributed by atoms with Crippen LogP contribution in [0.4, 0.5) is 4.39 Å². The van der Waals surface area contributed by atoms with Crippen LogP contribution in [0.15, 0.2) is 66.2 Å². The summed E-state index contributed by atoms with van der Waals surface area (Å²) in [5.74, 6) is -0.152. The molecule has 0 N–H and O–H groups in total. The third-order valence-corrected chi connectivity index (χ3v) is 5.17. The minimum Gasteiger partial charge on any atom is -0.289 e. The summed E-state index contributed by atoms with van der Waals surface area (Å²) in [5.41, 5.74) is 4.14. The number of rotatable bonds is 4. The van der Waals surface area contributed by atoms with Crippen LogP contribution in [0, 0.1) is 5.82 Å². The lowest BCUT2D eigenvalue weighted by Crippen LogP contribution is -2.38. The molecule has 2 aromatic rings. The summed E-state index contributed by atoms with van der Waals surface area (Å²) in [6.45, 7) is 1.05. The van der Waals surface area contributed by atoms with Gasteiger partial charge in [0.1, 0.15) is 5.82 Å². The van der Waals surface area contributed by atoms with Gasteiger partial charge in [0, 0.05) is 18.6 Å². The summed E-state index contributed by atoms with van der Waals surface area (Å²) in [5, 5.41) is 0. The van der Waals surface area contributed by atoms with E-state index >= 15 is 0 Å². The molecule has 0 spiro atoms. The largest absolute Gasteiger partial charge is 0.289 e. The maximum Gasteiger partial charge on any atom is 0.123 e. The van der Waals surface area contributed by atoms with Gasteiger partial charge >= 0.3 is 0 Å². The highest BCUT2D eigenvalue weighted by atomic mass is 19.1. The van der Waals surface area contributed by atoms with Gasteiger partial charge in [0.2, 0.25) is 0 Å². The van der Waals surface area contributed by atoms with E-state index in [0.717, 1.165) is 19.4 Å². The van der Waals surface area contributed by atoms with Gasteiger partial charge in [-0.25, -0.2) is 4.39 Å². The molecule has 2 aliphatic rings. The summed E-state index contributed by atoms with van der Waals surface area (Å²) in [6, 6.07) is 19.0. The van der Waals surface area contributed by atoms with Gasteiger partial charge in [0.05, 0.1) is 0 Å². The first-order valence-electron chi connectivity index (χ1n) is 8.51. The van der Waals surface area contributed by atoms with Gasteiger partial charge in [-0.3, -0.25) is 4.90 Å². The maximum absolute atomic E-state index is 13.0. The van der Waals surface area contributed by atoms with Crippen LogP contribution in [-0.4, -0.2) is 17.0 Å². The molecular formula is C21H22FN. The van der Waals surface area contributed by atoms with Gasteiger partial charge in [0.15, 0.2) is 0 Å². The van der Waals surface area contributed by atoms with E-state index in [-0.39, 0.29) is 5.82 Å². The molecule has 23 heavy (non-hydrogen) atoms. The predicted molar refractivity (Wildman–Crippen MR) is 91.6 cm³/mol. The van der Waals surface area contributed by atoms with Crippen LogP contribution in [0.25, 0.3) is 0 Å². The zero-order valence-electron chi connectivity index (χ0n) is 13.3. The Balaban J connectivity index is 1.47. The van der Waals surface area contributed by atoms with E-state index in [4.69, 9.17) is 0 Å². The summed E-state index contributed by atoms with van der Waals surface area (Å²) >= 11 is 0. The molecule has 4 rings (SSSR count). The lowest BCUT2D eigenvalue weighted by molar-refractivity contribution is 0.194. The molecule has 2 unspecified atom stereocenters. The topological polar surface area (TPSA) is 3.24 Å². The number of benzene rings is 2. The minimum atomic E-state index is -0.152. The smallest absolute Gasteiger partial charge is 0.123 e. The van der Waals surface area contributed by atoms with Crippen molar-refractivity contribution in [2.75, 3.05) is 0 Å². The number of halogens is 1. The summed E-state index contributed by atoms with van der Waals surface area (Å²) < 4.78 is 13.0. The fourth-order valence-corrected chi connectivity index (χ4v) is 4.04. The van der Waals surface area contributed by atoms with Gasteiger partial charge < -0.3 is 0 Å². The highest BCUT2D eigenvalue weighted by Crippen LogP contribution is 2.36. The van der Waals surface area contributed by atoms with Crippen LogP contribution in [0.5, 0.6) is 0 Å². The van der Waals surface area contributed by atoms with E-state index in [1.165, 1.54) is 29.5 Å². The van der Waals surface area contributed by atoms with Gasteiger partial charge in [-0.2, -0.15) is 0 Å². The number of fused-ring (bicyclic) bond motifs is 2. The van der Waals surface area contributed by atoms with Crippen molar-refractivity contribution in [1.82, 2.24) is 4.90 Å². The first kappa shape index (κ1) is 14.6. The van der Waals surface area contributed by atoms with Crippen molar-refractivity contribution in [2.45, 2.75) is 44.3 Å². The zero-order chi connectivity index (χ0) is 15.6. The molecule has 1 fully saturated rings. The van der Waals surface area contributed by atoms with Crippen LogP contribution in [-0.2, 0) is 13.0 Å².